The molecule has 0 radical (unpaired) electrons. The van der Waals surface area contributed by atoms with E-state index in [2.05, 4.69) is 15.5 Å². The number of hydrogen-bond donors (Lipinski definition) is 1. The number of halogens is 2. The first-order chi connectivity index (χ1) is 10.2. The quantitative estimate of drug-likeness (QED) is 0.784. The number of nitrogens with one attached hydrogen (secondary N) is 1. The molecule has 2 aromatic carbocycles. The van der Waals surface area contributed by atoms with Crippen LogP contribution < -0.4 is 5.32 Å². The van der Waals surface area contributed by atoms with Gasteiger partial charge in [0.25, 0.3) is 0 Å². The predicted octanol–water partition coefficient (Wildman–Crippen LogP) is 4.19. The molecule has 21 heavy (non-hydrogen) atoms. The highest BCUT2D eigenvalue weighted by molar-refractivity contribution is 6.42. The molecule has 0 aliphatic carbocycles. The molecule has 1 aromatic heterocycles. The maximum Gasteiger partial charge on any atom is 0.123 e. The standard InChI is InChI=1S/C15H12Cl2N4/c16-14-5-4-11(6-15(14)17)8-18-12-2-1-3-13(7-12)21-9-19-20-10-21/h1-7,9-10,18H,8H2. The van der Waals surface area contributed by atoms with Crippen LogP contribution in [0.4, 0.5) is 5.69 Å². The molecule has 0 fully saturated rings. The van der Waals surface area contributed by atoms with E-state index in [1.807, 2.05) is 41.0 Å². The second kappa shape index (κ2) is 6.16. The summed E-state index contributed by atoms with van der Waals surface area (Å²) in [5.41, 5.74) is 3.07. The van der Waals surface area contributed by atoms with Crippen LogP contribution in [0.5, 0.6) is 0 Å². The van der Waals surface area contributed by atoms with E-state index in [-0.39, 0.29) is 0 Å². The van der Waals surface area contributed by atoms with Crippen molar-refractivity contribution in [3.05, 3.63) is 70.7 Å². The molecule has 1 heterocycles. The first-order valence-corrected chi connectivity index (χ1v) is 7.11. The van der Waals surface area contributed by atoms with Gasteiger partial charge < -0.3 is 5.32 Å². The SMILES string of the molecule is Clc1ccc(CNc2cccc(-n3cnnc3)c2)cc1Cl. The maximum atomic E-state index is 6.01. The molecule has 3 rings (SSSR count). The van der Waals surface area contributed by atoms with Crippen LogP contribution in [-0.2, 0) is 6.54 Å². The molecule has 0 amide bonds. The van der Waals surface area contributed by atoms with E-state index >= 15 is 0 Å². The molecule has 0 saturated heterocycles. The summed E-state index contributed by atoms with van der Waals surface area (Å²) in [5, 5.41) is 12.1. The van der Waals surface area contributed by atoms with E-state index in [9.17, 15) is 0 Å². The highest BCUT2D eigenvalue weighted by Crippen LogP contribution is 2.23. The average Bonchev–Trinajstić information content (AvgIpc) is 3.03. The van der Waals surface area contributed by atoms with Crippen molar-refractivity contribution in [3.63, 3.8) is 0 Å². The van der Waals surface area contributed by atoms with Crippen molar-refractivity contribution < 1.29 is 0 Å². The van der Waals surface area contributed by atoms with Crippen molar-refractivity contribution in [2.75, 3.05) is 5.32 Å². The highest BCUT2D eigenvalue weighted by Gasteiger charge is 2.01. The van der Waals surface area contributed by atoms with Gasteiger partial charge in [-0.2, -0.15) is 0 Å². The fourth-order valence-electron chi connectivity index (χ4n) is 1.96. The van der Waals surface area contributed by atoms with Crippen molar-refractivity contribution in [1.29, 1.82) is 0 Å². The number of aromatic nitrogens is 3. The third-order valence-corrected chi connectivity index (χ3v) is 3.78. The summed E-state index contributed by atoms with van der Waals surface area (Å²) in [7, 11) is 0. The van der Waals surface area contributed by atoms with Gasteiger partial charge in [-0.25, -0.2) is 0 Å². The van der Waals surface area contributed by atoms with Gasteiger partial charge in [0.05, 0.1) is 15.7 Å². The topological polar surface area (TPSA) is 42.7 Å². The smallest absolute Gasteiger partial charge is 0.123 e. The van der Waals surface area contributed by atoms with Gasteiger partial charge in [0.1, 0.15) is 12.7 Å². The molecular formula is C15H12Cl2N4. The normalized spacial score (nSPS) is 10.6. The summed E-state index contributed by atoms with van der Waals surface area (Å²) in [6.45, 7) is 0.669. The number of hydrogen-bond acceptors (Lipinski definition) is 3. The molecule has 0 aliphatic rings. The summed E-state index contributed by atoms with van der Waals surface area (Å²) in [6, 6.07) is 13.6. The zero-order valence-electron chi connectivity index (χ0n) is 11.0. The molecule has 0 bridgehead atoms. The van der Waals surface area contributed by atoms with Crippen molar-refractivity contribution in [2.24, 2.45) is 0 Å². The van der Waals surface area contributed by atoms with Crippen molar-refractivity contribution in [2.45, 2.75) is 6.54 Å². The van der Waals surface area contributed by atoms with E-state index in [0.29, 0.717) is 16.6 Å². The number of nitrogens with zero attached hydrogens (tertiary/aromatic N) is 3. The monoisotopic (exact) mass is 318 g/mol. The van der Waals surface area contributed by atoms with Gasteiger partial charge in [-0.15, -0.1) is 10.2 Å². The molecule has 3 aromatic rings. The van der Waals surface area contributed by atoms with Gasteiger partial charge in [-0.1, -0.05) is 35.3 Å². The van der Waals surface area contributed by atoms with Crippen LogP contribution in [0.2, 0.25) is 10.0 Å². The molecule has 0 unspecified atom stereocenters. The van der Waals surface area contributed by atoms with Crippen LogP contribution in [0.15, 0.2) is 55.1 Å². The first-order valence-electron chi connectivity index (χ1n) is 6.35. The van der Waals surface area contributed by atoms with Crippen molar-refractivity contribution in [1.82, 2.24) is 14.8 Å². The van der Waals surface area contributed by atoms with Crippen LogP contribution in [0.1, 0.15) is 5.56 Å². The summed E-state index contributed by atoms with van der Waals surface area (Å²) in [6.07, 6.45) is 3.33. The fourth-order valence-corrected chi connectivity index (χ4v) is 2.28. The van der Waals surface area contributed by atoms with Crippen LogP contribution in [0.25, 0.3) is 5.69 Å². The largest absolute Gasteiger partial charge is 0.381 e. The summed E-state index contributed by atoms with van der Waals surface area (Å²) in [4.78, 5) is 0. The second-order valence-electron chi connectivity index (χ2n) is 4.52. The average molecular weight is 319 g/mol. The lowest BCUT2D eigenvalue weighted by atomic mass is 10.2. The molecule has 6 heteroatoms. The summed E-state index contributed by atoms with van der Waals surface area (Å²) < 4.78 is 1.85. The highest BCUT2D eigenvalue weighted by atomic mass is 35.5. The van der Waals surface area contributed by atoms with Gasteiger partial charge in [-0.3, -0.25) is 4.57 Å². The van der Waals surface area contributed by atoms with Crippen LogP contribution in [0.3, 0.4) is 0 Å². The Labute approximate surface area is 132 Å². The fraction of sp³-hybridized carbons (Fsp3) is 0.0667. The first kappa shape index (κ1) is 13.9. The molecule has 0 atom stereocenters. The molecule has 4 nitrogen and oxygen atoms in total. The maximum absolute atomic E-state index is 6.01. The Balaban J connectivity index is 1.73. The third-order valence-electron chi connectivity index (χ3n) is 3.04. The minimum Gasteiger partial charge on any atom is -0.381 e. The minimum absolute atomic E-state index is 0.564. The number of benzene rings is 2. The Morgan fingerprint density at radius 2 is 1.76 bits per heavy atom. The Morgan fingerprint density at radius 3 is 2.52 bits per heavy atom. The van der Waals surface area contributed by atoms with E-state index in [1.165, 1.54) is 0 Å². The predicted molar refractivity (Wildman–Crippen MR) is 85.1 cm³/mol. The second-order valence-corrected chi connectivity index (χ2v) is 5.34. The molecule has 0 spiro atoms. The zero-order valence-corrected chi connectivity index (χ0v) is 12.5. The molecule has 0 saturated carbocycles. The van der Waals surface area contributed by atoms with Gasteiger partial charge in [0.2, 0.25) is 0 Å². The third kappa shape index (κ3) is 3.35. The lowest BCUT2D eigenvalue weighted by Crippen LogP contribution is -2.00. The molecule has 106 valence electrons. The summed E-state index contributed by atoms with van der Waals surface area (Å²) >= 11 is 11.9. The number of rotatable bonds is 4. The van der Waals surface area contributed by atoms with Crippen LogP contribution in [0, 0.1) is 0 Å². The van der Waals surface area contributed by atoms with Crippen molar-refractivity contribution >= 4 is 28.9 Å². The van der Waals surface area contributed by atoms with Crippen LogP contribution in [-0.4, -0.2) is 14.8 Å². The molecular weight excluding hydrogens is 307 g/mol. The Hall–Kier alpha value is -2.04. The van der Waals surface area contributed by atoms with E-state index in [1.54, 1.807) is 18.7 Å². The Kier molecular flexibility index (Phi) is 4.08. The Bertz CT molecular complexity index is 741. The Morgan fingerprint density at radius 1 is 0.952 bits per heavy atom. The van der Waals surface area contributed by atoms with E-state index < -0.39 is 0 Å². The zero-order chi connectivity index (χ0) is 14.7. The van der Waals surface area contributed by atoms with Gasteiger partial charge in [0, 0.05) is 12.2 Å². The van der Waals surface area contributed by atoms with Gasteiger partial charge >= 0.3 is 0 Å². The van der Waals surface area contributed by atoms with Gasteiger partial charge in [-0.05, 0) is 35.9 Å². The molecule has 0 aliphatic heterocycles. The van der Waals surface area contributed by atoms with Crippen LogP contribution >= 0.6 is 23.2 Å². The lowest BCUT2D eigenvalue weighted by Gasteiger charge is -2.09. The van der Waals surface area contributed by atoms with Gasteiger partial charge in [0.15, 0.2) is 0 Å². The summed E-state index contributed by atoms with van der Waals surface area (Å²) in [5.74, 6) is 0. The number of anilines is 1. The molecule has 1 N–H and O–H groups in total. The van der Waals surface area contributed by atoms with E-state index in [4.69, 9.17) is 23.2 Å². The lowest BCUT2D eigenvalue weighted by molar-refractivity contribution is 1.05. The van der Waals surface area contributed by atoms with E-state index in [0.717, 1.165) is 16.9 Å². The minimum atomic E-state index is 0.564. The van der Waals surface area contributed by atoms with Crippen molar-refractivity contribution in [3.8, 4) is 5.69 Å².